The van der Waals surface area contributed by atoms with Gasteiger partial charge >= 0.3 is 75.6 Å². The van der Waals surface area contributed by atoms with E-state index >= 15 is 0 Å². The van der Waals surface area contributed by atoms with Crippen molar-refractivity contribution >= 4 is 16.9 Å². The molecule has 0 radical (unpaired) electrons. The minimum absolute atomic E-state index is 0.300. The molecule has 0 bridgehead atoms. The van der Waals surface area contributed by atoms with Gasteiger partial charge in [0.05, 0.1) is 0 Å². The summed E-state index contributed by atoms with van der Waals surface area (Å²) in [6, 6.07) is 10.3. The fourth-order valence-corrected chi connectivity index (χ4v) is 1.55. The van der Waals surface area contributed by atoms with E-state index in [2.05, 4.69) is 12.1 Å². The van der Waals surface area contributed by atoms with E-state index in [9.17, 15) is 0 Å². The van der Waals surface area contributed by atoms with Crippen molar-refractivity contribution in [3.05, 3.63) is 35.9 Å². The summed E-state index contributed by atoms with van der Waals surface area (Å²) in [6.07, 6.45) is 0.997. The quantitative estimate of drug-likeness (QED) is 0.729. The van der Waals surface area contributed by atoms with Gasteiger partial charge < -0.3 is 0 Å². The summed E-state index contributed by atoms with van der Waals surface area (Å²) in [7, 11) is 0. The molecule has 11 heavy (non-hydrogen) atoms. The van der Waals surface area contributed by atoms with Crippen LogP contribution in [0.15, 0.2) is 30.3 Å². The molecular formula is C9H13AsO. The predicted octanol–water partition coefficient (Wildman–Crippen LogP) is 0.643. The second-order valence-electron chi connectivity index (χ2n) is 2.63. The van der Waals surface area contributed by atoms with Gasteiger partial charge in [0.15, 0.2) is 0 Å². The van der Waals surface area contributed by atoms with Crippen LogP contribution in [0.3, 0.4) is 0 Å². The summed E-state index contributed by atoms with van der Waals surface area (Å²) >= 11 is 1.61. The summed E-state index contributed by atoms with van der Waals surface area (Å²) < 4.78 is 0.435. The number of hydrogen-bond acceptors (Lipinski definition) is 1. The average molecular weight is 212 g/mol. The molecule has 0 heterocycles. The number of aliphatic hydroxyl groups is 1. The maximum atomic E-state index is 8.81. The van der Waals surface area contributed by atoms with Gasteiger partial charge in [-0.1, -0.05) is 0 Å². The van der Waals surface area contributed by atoms with E-state index < -0.39 is 0 Å². The Bertz CT molecular complexity index is 198. The molecule has 0 saturated carbocycles. The molecule has 1 N–H and O–H groups in total. The van der Waals surface area contributed by atoms with Crippen molar-refractivity contribution in [2.75, 3.05) is 6.61 Å². The van der Waals surface area contributed by atoms with Crippen molar-refractivity contribution in [2.24, 2.45) is 0 Å². The summed E-state index contributed by atoms with van der Waals surface area (Å²) in [5.74, 6) is 0. The second-order valence-corrected chi connectivity index (χ2v) is 4.61. The number of rotatable bonds is 3. The Morgan fingerprint density at radius 1 is 1.27 bits per heavy atom. The number of aliphatic hydroxyl groups excluding tert-OH is 1. The van der Waals surface area contributed by atoms with Crippen LogP contribution in [0.5, 0.6) is 0 Å². The van der Waals surface area contributed by atoms with E-state index in [-0.39, 0.29) is 0 Å². The Morgan fingerprint density at radius 3 is 2.45 bits per heavy atom. The van der Waals surface area contributed by atoms with Crippen LogP contribution in [0.2, 0.25) is 4.71 Å². The normalized spacial score (nSPS) is 12.9. The molecule has 60 valence electrons. The van der Waals surface area contributed by atoms with Gasteiger partial charge in [-0.25, -0.2) is 0 Å². The second kappa shape index (κ2) is 4.58. The van der Waals surface area contributed by atoms with Gasteiger partial charge in [-0.2, -0.15) is 0 Å². The zero-order chi connectivity index (χ0) is 8.10. The molecule has 1 aromatic carbocycles. The molecule has 1 rings (SSSR count). The summed E-state index contributed by atoms with van der Waals surface area (Å²) in [4.78, 5) is 0. The first-order valence-electron chi connectivity index (χ1n) is 3.73. The van der Waals surface area contributed by atoms with Crippen molar-refractivity contribution in [3.63, 3.8) is 0 Å². The van der Waals surface area contributed by atoms with E-state index in [1.54, 1.807) is 16.9 Å². The van der Waals surface area contributed by atoms with Gasteiger partial charge in [0.2, 0.25) is 0 Å². The molecule has 1 unspecified atom stereocenters. The zero-order valence-electron chi connectivity index (χ0n) is 6.40. The van der Waals surface area contributed by atoms with Crippen LogP contribution in [0.4, 0.5) is 0 Å². The Balaban J connectivity index is 2.51. The van der Waals surface area contributed by atoms with Crippen LogP contribution in [0, 0.1) is 0 Å². The molecule has 0 spiro atoms. The molecule has 0 amide bonds. The average Bonchev–Trinajstić information content (AvgIpc) is 2.06. The molecular weight excluding hydrogens is 199 g/mol. The Labute approximate surface area is 75.9 Å². The van der Waals surface area contributed by atoms with Gasteiger partial charge in [0, 0.05) is 0 Å². The van der Waals surface area contributed by atoms with Gasteiger partial charge in [-0.3, -0.25) is 0 Å². The maximum absolute atomic E-state index is 8.81. The van der Waals surface area contributed by atoms with E-state index in [0.717, 1.165) is 6.42 Å². The van der Waals surface area contributed by atoms with Gasteiger partial charge in [-0.05, 0) is 0 Å². The van der Waals surface area contributed by atoms with Gasteiger partial charge in [0.1, 0.15) is 0 Å². The molecule has 0 saturated heterocycles. The minimum atomic E-state index is 0.300. The number of benzene rings is 1. The third-order valence-corrected chi connectivity index (χ3v) is 2.51. The SMILES string of the molecule is OC[C@@H]([AsH2])Cc1ccccc1. The van der Waals surface area contributed by atoms with Gasteiger partial charge in [-0.15, -0.1) is 0 Å². The van der Waals surface area contributed by atoms with Gasteiger partial charge in [0.25, 0.3) is 0 Å². The van der Waals surface area contributed by atoms with Crippen LogP contribution < -0.4 is 0 Å². The van der Waals surface area contributed by atoms with Crippen LogP contribution in [-0.2, 0) is 6.42 Å². The van der Waals surface area contributed by atoms with Crippen molar-refractivity contribution in [1.29, 1.82) is 0 Å². The Kier molecular flexibility index (Phi) is 3.68. The van der Waals surface area contributed by atoms with E-state index in [1.165, 1.54) is 5.56 Å². The molecule has 0 fully saturated rings. The zero-order valence-corrected chi connectivity index (χ0v) is 8.83. The standard InChI is InChI=1S/C9H13AsO/c10-9(7-11)6-8-4-2-1-3-5-8/h1-5,9,11H,6-7,10H2/t9-/m0/s1. The first-order valence-corrected chi connectivity index (χ1v) is 5.13. The molecule has 0 aliphatic rings. The van der Waals surface area contributed by atoms with Crippen LogP contribution in [0.25, 0.3) is 0 Å². The summed E-state index contributed by atoms with van der Waals surface area (Å²) in [6.45, 7) is 0.300. The van der Waals surface area contributed by atoms with Crippen molar-refractivity contribution in [3.8, 4) is 0 Å². The molecule has 1 aromatic rings. The fourth-order valence-electron chi connectivity index (χ4n) is 0.981. The number of hydrogen-bond donors (Lipinski definition) is 1. The molecule has 2 heteroatoms. The van der Waals surface area contributed by atoms with E-state index in [0.29, 0.717) is 11.3 Å². The molecule has 0 aromatic heterocycles. The Morgan fingerprint density at radius 2 is 1.91 bits per heavy atom. The van der Waals surface area contributed by atoms with Crippen molar-refractivity contribution in [2.45, 2.75) is 11.1 Å². The van der Waals surface area contributed by atoms with Crippen LogP contribution in [0.1, 0.15) is 5.56 Å². The molecule has 0 aliphatic carbocycles. The Hall–Kier alpha value is -0.262. The fraction of sp³-hybridized carbons (Fsp3) is 0.333. The summed E-state index contributed by atoms with van der Waals surface area (Å²) in [5, 5.41) is 8.81. The first kappa shape index (κ1) is 8.83. The summed E-state index contributed by atoms with van der Waals surface area (Å²) in [5.41, 5.74) is 1.32. The third-order valence-electron chi connectivity index (χ3n) is 1.58. The first-order chi connectivity index (χ1) is 5.33. The van der Waals surface area contributed by atoms with Crippen LogP contribution >= 0.6 is 0 Å². The van der Waals surface area contributed by atoms with E-state index in [4.69, 9.17) is 5.11 Å². The topological polar surface area (TPSA) is 20.2 Å². The van der Waals surface area contributed by atoms with Crippen molar-refractivity contribution < 1.29 is 5.11 Å². The molecule has 0 aliphatic heterocycles. The third kappa shape index (κ3) is 3.09. The van der Waals surface area contributed by atoms with E-state index in [1.807, 2.05) is 18.2 Å². The molecule has 2 atom stereocenters. The van der Waals surface area contributed by atoms with Crippen molar-refractivity contribution in [1.82, 2.24) is 0 Å². The van der Waals surface area contributed by atoms with Crippen LogP contribution in [-0.4, -0.2) is 28.6 Å². The molecule has 1 nitrogen and oxygen atoms in total. The monoisotopic (exact) mass is 212 g/mol. The predicted molar refractivity (Wildman–Crippen MR) is 49.5 cm³/mol.